The van der Waals surface area contributed by atoms with Gasteiger partial charge in [0.2, 0.25) is 11.1 Å². The van der Waals surface area contributed by atoms with Crippen LogP contribution in [0.4, 0.5) is 5.69 Å². The van der Waals surface area contributed by atoms with Crippen molar-refractivity contribution in [2.45, 2.75) is 24.9 Å². The smallest absolute Gasteiger partial charge is 0.233 e. The van der Waals surface area contributed by atoms with E-state index >= 15 is 0 Å². The summed E-state index contributed by atoms with van der Waals surface area (Å²) in [6, 6.07) is 16.0. The summed E-state index contributed by atoms with van der Waals surface area (Å²) in [6.07, 6.45) is 0. The Hall–Kier alpha value is -2.58. The van der Waals surface area contributed by atoms with Crippen molar-refractivity contribution < 1.29 is 4.79 Å². The summed E-state index contributed by atoms with van der Waals surface area (Å²) in [4.78, 5) is 16.9. The van der Waals surface area contributed by atoms with Gasteiger partial charge >= 0.3 is 0 Å². The molecule has 0 N–H and O–H groups in total. The Morgan fingerprint density at radius 2 is 1.81 bits per heavy atom. The lowest BCUT2D eigenvalue weighted by Crippen LogP contribution is -2.49. The van der Waals surface area contributed by atoms with Crippen LogP contribution in [0.5, 0.6) is 0 Å². The SMILES string of the molecule is CC(C)c1ccc(-n2nnnc2SCC(=O)N2CCN(c3cccc(Cl)c3)CC2)cc1. The van der Waals surface area contributed by atoms with E-state index in [1.54, 1.807) is 4.68 Å². The van der Waals surface area contributed by atoms with E-state index in [0.717, 1.165) is 29.5 Å². The van der Waals surface area contributed by atoms with E-state index < -0.39 is 0 Å². The van der Waals surface area contributed by atoms with E-state index in [0.29, 0.717) is 29.9 Å². The molecular formula is C22H25ClN6OS. The Labute approximate surface area is 191 Å². The number of rotatable bonds is 6. The summed E-state index contributed by atoms with van der Waals surface area (Å²) in [5, 5.41) is 13.3. The Bertz CT molecular complexity index is 1030. The zero-order valence-corrected chi connectivity index (χ0v) is 19.2. The van der Waals surface area contributed by atoms with Crippen molar-refractivity contribution in [1.82, 2.24) is 25.1 Å². The van der Waals surface area contributed by atoms with Crippen molar-refractivity contribution in [3.8, 4) is 5.69 Å². The van der Waals surface area contributed by atoms with Gasteiger partial charge in [-0.1, -0.05) is 55.4 Å². The molecule has 0 saturated carbocycles. The molecule has 1 aliphatic rings. The number of piperazine rings is 1. The molecule has 0 atom stereocenters. The van der Waals surface area contributed by atoms with E-state index in [4.69, 9.17) is 11.6 Å². The fourth-order valence-corrected chi connectivity index (χ4v) is 4.51. The number of carbonyl (C=O) groups excluding carboxylic acids is 1. The van der Waals surface area contributed by atoms with Crippen molar-refractivity contribution in [1.29, 1.82) is 0 Å². The average molecular weight is 457 g/mol. The number of tetrazole rings is 1. The van der Waals surface area contributed by atoms with Crippen LogP contribution in [0, 0.1) is 0 Å². The summed E-state index contributed by atoms with van der Waals surface area (Å²) in [5.41, 5.74) is 3.24. The maximum atomic E-state index is 12.7. The lowest BCUT2D eigenvalue weighted by atomic mass is 10.0. The summed E-state index contributed by atoms with van der Waals surface area (Å²) in [6.45, 7) is 7.27. The number of thioether (sulfide) groups is 1. The number of nitrogens with zero attached hydrogens (tertiary/aromatic N) is 6. The highest BCUT2D eigenvalue weighted by Gasteiger charge is 2.22. The standard InChI is InChI=1S/C22H25ClN6OS/c1-16(2)17-6-8-19(9-7-17)29-22(24-25-26-29)31-15-21(30)28-12-10-27(11-13-28)20-5-3-4-18(23)14-20/h3-9,14,16H,10-13,15H2,1-2H3. The Morgan fingerprint density at radius 1 is 1.06 bits per heavy atom. The van der Waals surface area contributed by atoms with Crippen LogP contribution < -0.4 is 4.90 Å². The number of carbonyl (C=O) groups is 1. The van der Waals surface area contributed by atoms with Crippen LogP contribution in [0.2, 0.25) is 5.02 Å². The largest absolute Gasteiger partial charge is 0.368 e. The van der Waals surface area contributed by atoms with Gasteiger partial charge in [-0.3, -0.25) is 4.79 Å². The molecule has 4 rings (SSSR count). The van der Waals surface area contributed by atoms with Gasteiger partial charge in [-0.25, -0.2) is 0 Å². The first-order chi connectivity index (χ1) is 15.0. The molecule has 1 aliphatic heterocycles. The number of hydrogen-bond donors (Lipinski definition) is 0. The van der Waals surface area contributed by atoms with Crippen molar-refractivity contribution in [2.24, 2.45) is 0 Å². The minimum atomic E-state index is 0.0976. The molecule has 1 amide bonds. The quantitative estimate of drug-likeness (QED) is 0.524. The van der Waals surface area contributed by atoms with Crippen molar-refractivity contribution in [3.63, 3.8) is 0 Å². The first-order valence-electron chi connectivity index (χ1n) is 10.3. The predicted octanol–water partition coefficient (Wildman–Crippen LogP) is 3.88. The highest BCUT2D eigenvalue weighted by atomic mass is 35.5. The monoisotopic (exact) mass is 456 g/mol. The second-order valence-electron chi connectivity index (χ2n) is 7.76. The van der Waals surface area contributed by atoms with E-state index in [2.05, 4.69) is 46.4 Å². The molecule has 0 bridgehead atoms. The highest BCUT2D eigenvalue weighted by molar-refractivity contribution is 7.99. The van der Waals surface area contributed by atoms with Gasteiger partial charge in [-0.2, -0.15) is 4.68 Å². The van der Waals surface area contributed by atoms with E-state index in [-0.39, 0.29) is 5.91 Å². The molecule has 0 spiro atoms. The third kappa shape index (κ3) is 5.19. The molecule has 162 valence electrons. The Kier molecular flexibility index (Phi) is 6.77. The lowest BCUT2D eigenvalue weighted by Gasteiger charge is -2.36. The number of anilines is 1. The molecule has 0 radical (unpaired) electrons. The number of hydrogen-bond acceptors (Lipinski definition) is 6. The zero-order chi connectivity index (χ0) is 21.8. The molecule has 9 heteroatoms. The first kappa shape index (κ1) is 21.6. The van der Waals surface area contributed by atoms with Crippen LogP contribution in [-0.2, 0) is 4.79 Å². The summed E-state index contributed by atoms with van der Waals surface area (Å²) in [5.74, 6) is 0.871. The summed E-state index contributed by atoms with van der Waals surface area (Å²) >= 11 is 7.46. The Balaban J connectivity index is 1.32. The van der Waals surface area contributed by atoms with Crippen LogP contribution in [0.3, 0.4) is 0 Å². The van der Waals surface area contributed by atoms with Gasteiger partial charge < -0.3 is 9.80 Å². The number of aromatic nitrogens is 4. The fraction of sp³-hybridized carbons (Fsp3) is 0.364. The van der Waals surface area contributed by atoms with Crippen LogP contribution in [-0.4, -0.2) is 62.9 Å². The molecule has 7 nitrogen and oxygen atoms in total. The van der Waals surface area contributed by atoms with E-state index in [1.807, 2.05) is 41.3 Å². The molecule has 2 heterocycles. The topological polar surface area (TPSA) is 67.2 Å². The van der Waals surface area contributed by atoms with Gasteiger partial charge in [0.05, 0.1) is 11.4 Å². The molecule has 1 fully saturated rings. The third-order valence-electron chi connectivity index (χ3n) is 5.38. The number of amides is 1. The average Bonchev–Trinajstić information content (AvgIpc) is 3.26. The van der Waals surface area contributed by atoms with Crippen LogP contribution in [0.1, 0.15) is 25.3 Å². The summed E-state index contributed by atoms with van der Waals surface area (Å²) in [7, 11) is 0. The molecule has 31 heavy (non-hydrogen) atoms. The van der Waals surface area contributed by atoms with Crippen molar-refractivity contribution in [2.75, 3.05) is 36.8 Å². The van der Waals surface area contributed by atoms with Crippen molar-refractivity contribution >= 4 is 35.0 Å². The molecule has 2 aromatic carbocycles. The predicted molar refractivity (Wildman–Crippen MR) is 124 cm³/mol. The van der Waals surface area contributed by atoms with Crippen molar-refractivity contribution in [3.05, 3.63) is 59.1 Å². The second kappa shape index (κ2) is 9.70. The molecular weight excluding hydrogens is 432 g/mol. The highest BCUT2D eigenvalue weighted by Crippen LogP contribution is 2.23. The van der Waals surface area contributed by atoms with Gasteiger partial charge in [-0.05, 0) is 52.2 Å². The molecule has 0 unspecified atom stereocenters. The molecule has 3 aromatic rings. The minimum Gasteiger partial charge on any atom is -0.368 e. The Morgan fingerprint density at radius 3 is 2.48 bits per heavy atom. The van der Waals surface area contributed by atoms with Crippen LogP contribution in [0.25, 0.3) is 5.69 Å². The second-order valence-corrected chi connectivity index (χ2v) is 9.13. The van der Waals surface area contributed by atoms with Crippen LogP contribution >= 0.6 is 23.4 Å². The van der Waals surface area contributed by atoms with Gasteiger partial charge in [0.1, 0.15) is 0 Å². The van der Waals surface area contributed by atoms with Gasteiger partial charge in [-0.15, -0.1) is 5.10 Å². The zero-order valence-electron chi connectivity index (χ0n) is 17.6. The number of halogens is 1. The van der Waals surface area contributed by atoms with Gasteiger partial charge in [0, 0.05) is 36.9 Å². The number of benzene rings is 2. The van der Waals surface area contributed by atoms with E-state index in [1.165, 1.54) is 17.3 Å². The summed E-state index contributed by atoms with van der Waals surface area (Å²) < 4.78 is 1.68. The maximum absolute atomic E-state index is 12.7. The van der Waals surface area contributed by atoms with Gasteiger partial charge in [0.25, 0.3) is 0 Å². The molecule has 1 saturated heterocycles. The fourth-order valence-electron chi connectivity index (χ4n) is 3.54. The minimum absolute atomic E-state index is 0.0976. The van der Waals surface area contributed by atoms with Gasteiger partial charge in [0.15, 0.2) is 0 Å². The van der Waals surface area contributed by atoms with E-state index in [9.17, 15) is 4.79 Å². The molecule has 0 aliphatic carbocycles. The van der Waals surface area contributed by atoms with Crippen LogP contribution in [0.15, 0.2) is 53.7 Å². The third-order valence-corrected chi connectivity index (χ3v) is 6.51. The lowest BCUT2D eigenvalue weighted by molar-refractivity contribution is -0.128. The first-order valence-corrected chi connectivity index (χ1v) is 11.7. The maximum Gasteiger partial charge on any atom is 0.233 e. The molecule has 1 aromatic heterocycles. The normalized spacial score (nSPS) is 14.3.